The predicted molar refractivity (Wildman–Crippen MR) is 89.1 cm³/mol. The molecular weight excluding hydrogens is 270 g/mol. The highest BCUT2D eigenvalue weighted by molar-refractivity contribution is 5.78. The predicted octanol–water partition coefficient (Wildman–Crippen LogP) is 4.49. The van der Waals surface area contributed by atoms with E-state index < -0.39 is 0 Å². The van der Waals surface area contributed by atoms with E-state index >= 15 is 0 Å². The molecule has 0 amide bonds. The van der Waals surface area contributed by atoms with Gasteiger partial charge < -0.3 is 0 Å². The molecular formula is C19H19N3. The molecule has 3 heteroatoms. The summed E-state index contributed by atoms with van der Waals surface area (Å²) in [6, 6.07) is 14.3. The number of fused-ring (bicyclic) bond motifs is 1. The fourth-order valence-electron chi connectivity index (χ4n) is 3.30. The molecule has 0 fully saturated rings. The molecule has 2 atom stereocenters. The van der Waals surface area contributed by atoms with Crippen LogP contribution in [0.2, 0.25) is 0 Å². The minimum absolute atomic E-state index is 0.359. The zero-order chi connectivity index (χ0) is 14.9. The Morgan fingerprint density at radius 2 is 1.95 bits per heavy atom. The first-order chi connectivity index (χ1) is 10.8. The van der Waals surface area contributed by atoms with Gasteiger partial charge in [0.2, 0.25) is 0 Å². The van der Waals surface area contributed by atoms with Crippen molar-refractivity contribution < 1.29 is 0 Å². The van der Waals surface area contributed by atoms with Gasteiger partial charge in [-0.3, -0.25) is 4.57 Å². The van der Waals surface area contributed by atoms with Gasteiger partial charge in [-0.15, -0.1) is 0 Å². The molecule has 0 saturated carbocycles. The summed E-state index contributed by atoms with van der Waals surface area (Å²) < 4.78 is 2.21. The third-order valence-corrected chi connectivity index (χ3v) is 4.36. The van der Waals surface area contributed by atoms with Gasteiger partial charge in [0, 0.05) is 12.1 Å². The molecule has 1 aliphatic rings. The van der Waals surface area contributed by atoms with E-state index in [9.17, 15) is 0 Å². The van der Waals surface area contributed by atoms with Crippen molar-refractivity contribution in [2.24, 2.45) is 5.92 Å². The molecule has 0 spiro atoms. The molecule has 0 radical (unpaired) electrons. The number of allylic oxidation sites excluding steroid dienone is 2. The van der Waals surface area contributed by atoms with Gasteiger partial charge in [-0.1, -0.05) is 37.3 Å². The van der Waals surface area contributed by atoms with Crippen LogP contribution in [0.1, 0.15) is 31.5 Å². The van der Waals surface area contributed by atoms with Gasteiger partial charge >= 0.3 is 0 Å². The van der Waals surface area contributed by atoms with Gasteiger partial charge in [0.25, 0.3) is 0 Å². The largest absolute Gasteiger partial charge is 0.280 e. The van der Waals surface area contributed by atoms with E-state index in [-0.39, 0.29) is 0 Å². The molecule has 22 heavy (non-hydrogen) atoms. The van der Waals surface area contributed by atoms with Gasteiger partial charge in [0.05, 0.1) is 11.0 Å². The van der Waals surface area contributed by atoms with Crippen LogP contribution in [0.3, 0.4) is 0 Å². The summed E-state index contributed by atoms with van der Waals surface area (Å²) in [5.41, 5.74) is 2.16. The third-order valence-electron chi connectivity index (χ3n) is 4.36. The molecule has 1 aromatic carbocycles. The van der Waals surface area contributed by atoms with Gasteiger partial charge in [-0.05, 0) is 43.0 Å². The number of rotatable bonds is 2. The zero-order valence-corrected chi connectivity index (χ0v) is 12.7. The first-order valence-electron chi connectivity index (χ1n) is 7.88. The number of benzene rings is 1. The quantitative estimate of drug-likeness (QED) is 0.651. The fourth-order valence-corrected chi connectivity index (χ4v) is 3.30. The summed E-state index contributed by atoms with van der Waals surface area (Å²) in [5, 5.41) is 0. The summed E-state index contributed by atoms with van der Waals surface area (Å²) in [6.07, 6.45) is 8.75. The summed E-state index contributed by atoms with van der Waals surface area (Å²) >= 11 is 0. The lowest BCUT2D eigenvalue weighted by molar-refractivity contribution is 0.476. The van der Waals surface area contributed by atoms with E-state index in [1.54, 1.807) is 0 Å². The van der Waals surface area contributed by atoms with Crippen molar-refractivity contribution >= 4 is 11.0 Å². The van der Waals surface area contributed by atoms with Crippen molar-refractivity contribution in [2.45, 2.75) is 25.7 Å². The Balaban J connectivity index is 1.94. The Morgan fingerprint density at radius 3 is 2.77 bits per heavy atom. The summed E-state index contributed by atoms with van der Waals surface area (Å²) in [7, 11) is 0. The highest BCUT2D eigenvalue weighted by Gasteiger charge is 2.23. The fraction of sp³-hybridized carbons (Fsp3) is 0.263. The van der Waals surface area contributed by atoms with E-state index in [0.29, 0.717) is 11.8 Å². The average Bonchev–Trinajstić information content (AvgIpc) is 2.95. The molecule has 4 rings (SSSR count). The smallest absolute Gasteiger partial charge is 0.138 e. The molecule has 3 nitrogen and oxygen atoms in total. The third kappa shape index (κ3) is 2.23. The van der Waals surface area contributed by atoms with Crippen molar-refractivity contribution in [3.8, 4) is 5.82 Å². The highest BCUT2D eigenvalue weighted by atomic mass is 15.1. The second-order valence-electron chi connectivity index (χ2n) is 6.09. The minimum Gasteiger partial charge on any atom is -0.280 e. The maximum Gasteiger partial charge on any atom is 0.138 e. The number of pyridine rings is 1. The molecule has 2 heterocycles. The van der Waals surface area contributed by atoms with Crippen LogP contribution in [0.4, 0.5) is 0 Å². The first-order valence-corrected chi connectivity index (χ1v) is 7.88. The Bertz CT molecular complexity index is 817. The first kappa shape index (κ1) is 13.3. The van der Waals surface area contributed by atoms with Crippen LogP contribution >= 0.6 is 0 Å². The van der Waals surface area contributed by atoms with E-state index in [0.717, 1.165) is 29.1 Å². The van der Waals surface area contributed by atoms with E-state index in [1.165, 1.54) is 6.42 Å². The van der Waals surface area contributed by atoms with E-state index in [1.807, 2.05) is 30.5 Å². The number of hydrogen-bond donors (Lipinski definition) is 0. The Morgan fingerprint density at radius 1 is 1.09 bits per heavy atom. The average molecular weight is 289 g/mol. The van der Waals surface area contributed by atoms with Crippen LogP contribution in [0.5, 0.6) is 0 Å². The molecule has 1 aliphatic carbocycles. The van der Waals surface area contributed by atoms with Crippen LogP contribution in [0.15, 0.2) is 60.8 Å². The van der Waals surface area contributed by atoms with Gasteiger partial charge in [-0.2, -0.15) is 0 Å². The van der Waals surface area contributed by atoms with Crippen LogP contribution in [-0.2, 0) is 0 Å². The molecule has 0 N–H and O–H groups in total. The highest BCUT2D eigenvalue weighted by Crippen LogP contribution is 2.33. The Hall–Kier alpha value is -2.42. The molecule has 2 aromatic heterocycles. The maximum absolute atomic E-state index is 4.92. The SMILES string of the molecule is C[C@H]1CC=C[C@H](c2nc3ccccc3n2-c2ccccn2)C1. The van der Waals surface area contributed by atoms with Gasteiger partial charge in [-0.25, -0.2) is 9.97 Å². The van der Waals surface area contributed by atoms with E-state index in [2.05, 4.69) is 46.8 Å². The second-order valence-corrected chi connectivity index (χ2v) is 6.09. The van der Waals surface area contributed by atoms with E-state index in [4.69, 9.17) is 4.98 Å². The molecule has 0 aliphatic heterocycles. The molecule has 0 unspecified atom stereocenters. The zero-order valence-electron chi connectivity index (χ0n) is 12.7. The van der Waals surface area contributed by atoms with Crippen molar-refractivity contribution in [3.05, 3.63) is 66.6 Å². The van der Waals surface area contributed by atoms with Crippen LogP contribution < -0.4 is 0 Å². The molecule has 110 valence electrons. The minimum atomic E-state index is 0.359. The van der Waals surface area contributed by atoms with Crippen LogP contribution in [0.25, 0.3) is 16.9 Å². The van der Waals surface area contributed by atoms with Crippen LogP contribution in [0, 0.1) is 5.92 Å². The number of nitrogens with zero attached hydrogens (tertiary/aromatic N) is 3. The van der Waals surface area contributed by atoms with Crippen LogP contribution in [-0.4, -0.2) is 14.5 Å². The number of aromatic nitrogens is 3. The van der Waals surface area contributed by atoms with Gasteiger partial charge in [0.1, 0.15) is 11.6 Å². The Kier molecular flexibility index (Phi) is 3.26. The summed E-state index contributed by atoms with van der Waals surface area (Å²) in [4.78, 5) is 9.46. The maximum atomic E-state index is 4.92. The number of imidazole rings is 1. The standard InChI is InChI=1S/C19H19N3/c1-14-7-6-8-15(13-14)19-21-16-9-2-3-10-17(16)22(19)18-11-4-5-12-20-18/h2-6,8-12,14-15H,7,13H2,1H3/t14-,15-/m0/s1. The van der Waals surface area contributed by atoms with Crippen molar-refractivity contribution in [3.63, 3.8) is 0 Å². The molecule has 0 bridgehead atoms. The lowest BCUT2D eigenvalue weighted by Crippen LogP contribution is -2.13. The second kappa shape index (κ2) is 5.41. The van der Waals surface area contributed by atoms with Gasteiger partial charge in [0.15, 0.2) is 0 Å². The number of hydrogen-bond acceptors (Lipinski definition) is 2. The number of para-hydroxylation sites is 2. The molecule has 0 saturated heterocycles. The topological polar surface area (TPSA) is 30.7 Å². The van der Waals surface area contributed by atoms with Crippen molar-refractivity contribution in [2.75, 3.05) is 0 Å². The summed E-state index contributed by atoms with van der Waals surface area (Å²) in [5.74, 6) is 3.10. The Labute approximate surface area is 130 Å². The van der Waals surface area contributed by atoms with Crippen molar-refractivity contribution in [1.82, 2.24) is 14.5 Å². The summed E-state index contributed by atoms with van der Waals surface area (Å²) in [6.45, 7) is 2.31. The lowest BCUT2D eigenvalue weighted by Gasteiger charge is -2.22. The lowest BCUT2D eigenvalue weighted by atomic mass is 9.87. The normalized spacial score (nSPS) is 21.3. The van der Waals surface area contributed by atoms with Crippen molar-refractivity contribution in [1.29, 1.82) is 0 Å². The molecule has 3 aromatic rings. The monoisotopic (exact) mass is 289 g/mol.